The average Bonchev–Trinajstić information content (AvgIpc) is 2.68. The van der Waals surface area contributed by atoms with E-state index in [1.807, 2.05) is 27.9 Å². The lowest BCUT2D eigenvalue weighted by Gasteiger charge is -2.46. The van der Waals surface area contributed by atoms with E-state index in [1.54, 1.807) is 0 Å². The fourth-order valence-electron chi connectivity index (χ4n) is 3.04. The van der Waals surface area contributed by atoms with Crippen LogP contribution in [-0.2, 0) is 0 Å². The standard InChI is InChI=1S/C19H16F6IN3O2/c20-11-3-2-10(15(14(11)22)28-13-4-1-9(26)5-12(13)21)18(30)29-7-19(31,8-29)6-27-17(25)16(23)24/h1-5,16-17,27-28,31H,6-8H2. The molecule has 3 rings (SSSR count). The number of carbonyl (C=O) groups excluding carboxylic acids is 1. The van der Waals surface area contributed by atoms with Crippen molar-refractivity contribution in [3.63, 3.8) is 0 Å². The summed E-state index contributed by atoms with van der Waals surface area (Å²) in [7, 11) is 0. The van der Waals surface area contributed by atoms with E-state index < -0.39 is 53.9 Å². The van der Waals surface area contributed by atoms with Crippen LogP contribution in [0, 0.1) is 21.0 Å². The number of nitrogens with one attached hydrogen (secondary N) is 2. The van der Waals surface area contributed by atoms with Gasteiger partial charge >= 0.3 is 0 Å². The molecule has 12 heteroatoms. The molecule has 1 amide bonds. The molecule has 5 nitrogen and oxygen atoms in total. The molecule has 2 aromatic carbocycles. The van der Waals surface area contributed by atoms with Crippen molar-refractivity contribution in [2.75, 3.05) is 25.0 Å². The van der Waals surface area contributed by atoms with Crippen molar-refractivity contribution in [3.8, 4) is 0 Å². The van der Waals surface area contributed by atoms with Gasteiger partial charge in [-0.15, -0.1) is 0 Å². The predicted octanol–water partition coefficient (Wildman–Crippen LogP) is 3.79. The molecule has 0 radical (unpaired) electrons. The number of amides is 1. The van der Waals surface area contributed by atoms with Gasteiger partial charge in [-0.05, 0) is 52.9 Å². The summed E-state index contributed by atoms with van der Waals surface area (Å²) in [5, 5.41) is 14.4. The van der Waals surface area contributed by atoms with E-state index in [0.29, 0.717) is 3.57 Å². The van der Waals surface area contributed by atoms with Crippen LogP contribution in [-0.4, -0.2) is 53.9 Å². The Kier molecular flexibility index (Phi) is 7.01. The number of hydrogen-bond donors (Lipinski definition) is 3. The zero-order chi connectivity index (χ0) is 22.9. The van der Waals surface area contributed by atoms with Gasteiger partial charge in [-0.25, -0.2) is 26.3 Å². The summed E-state index contributed by atoms with van der Waals surface area (Å²) in [4.78, 5) is 13.8. The lowest BCUT2D eigenvalue weighted by atomic mass is 9.92. The van der Waals surface area contributed by atoms with Crippen LogP contribution in [0.25, 0.3) is 0 Å². The molecule has 0 saturated carbocycles. The quantitative estimate of drug-likeness (QED) is 0.275. The summed E-state index contributed by atoms with van der Waals surface area (Å²) in [6.07, 6.45) is -5.92. The average molecular weight is 559 g/mol. The van der Waals surface area contributed by atoms with Crippen molar-refractivity contribution in [2.24, 2.45) is 0 Å². The van der Waals surface area contributed by atoms with Crippen molar-refractivity contribution in [3.05, 3.63) is 56.9 Å². The summed E-state index contributed by atoms with van der Waals surface area (Å²) in [5.41, 5.74) is -2.78. The lowest BCUT2D eigenvalue weighted by Crippen LogP contribution is -2.67. The summed E-state index contributed by atoms with van der Waals surface area (Å²) in [6, 6.07) is 5.69. The molecule has 1 atom stereocenters. The Morgan fingerprint density at radius 3 is 2.42 bits per heavy atom. The number of β-amino-alcohol motifs (C(OH)–C–C–N with tert-alkyl or cyclic N) is 1. The Labute approximate surface area is 186 Å². The maximum absolute atomic E-state index is 14.4. The maximum Gasteiger partial charge on any atom is 0.282 e. The number of likely N-dealkylation sites (tertiary alicyclic amines) is 1. The first-order valence-electron chi connectivity index (χ1n) is 8.88. The third kappa shape index (κ3) is 5.23. The van der Waals surface area contributed by atoms with Crippen molar-refractivity contribution in [1.29, 1.82) is 0 Å². The second kappa shape index (κ2) is 9.20. The van der Waals surface area contributed by atoms with Gasteiger partial charge in [0.1, 0.15) is 11.4 Å². The fraction of sp³-hybridized carbons (Fsp3) is 0.316. The molecule has 2 aromatic rings. The minimum absolute atomic E-state index is 0.190. The molecule has 3 N–H and O–H groups in total. The number of rotatable bonds is 7. The number of benzene rings is 2. The Bertz CT molecular complexity index is 987. The molecule has 1 aliphatic rings. The summed E-state index contributed by atoms with van der Waals surface area (Å²) < 4.78 is 80.3. The van der Waals surface area contributed by atoms with Crippen LogP contribution >= 0.6 is 22.6 Å². The van der Waals surface area contributed by atoms with Crippen molar-refractivity contribution in [1.82, 2.24) is 10.2 Å². The zero-order valence-corrected chi connectivity index (χ0v) is 17.8. The van der Waals surface area contributed by atoms with E-state index in [0.717, 1.165) is 23.1 Å². The first kappa shape index (κ1) is 23.6. The number of alkyl halides is 3. The van der Waals surface area contributed by atoms with Gasteiger partial charge in [-0.2, -0.15) is 0 Å². The van der Waals surface area contributed by atoms with Crippen molar-refractivity contribution < 1.29 is 36.2 Å². The molecule has 1 heterocycles. The third-order valence-electron chi connectivity index (χ3n) is 4.62. The first-order chi connectivity index (χ1) is 14.5. The number of aliphatic hydroxyl groups is 1. The van der Waals surface area contributed by atoms with E-state index >= 15 is 0 Å². The number of nitrogens with zero attached hydrogens (tertiary/aromatic N) is 1. The Balaban J connectivity index is 1.77. The van der Waals surface area contributed by atoms with Crippen LogP contribution in [0.15, 0.2) is 30.3 Å². The highest BCUT2D eigenvalue weighted by Crippen LogP contribution is 2.31. The Hall–Kier alpha value is -2.06. The second-order valence-electron chi connectivity index (χ2n) is 7.04. The largest absolute Gasteiger partial charge is 0.385 e. The summed E-state index contributed by atoms with van der Waals surface area (Å²) >= 11 is 1.86. The molecule has 0 spiro atoms. The van der Waals surface area contributed by atoms with E-state index in [9.17, 15) is 36.2 Å². The Morgan fingerprint density at radius 1 is 1.13 bits per heavy atom. The van der Waals surface area contributed by atoms with Crippen LogP contribution in [0.3, 0.4) is 0 Å². The normalized spacial score (nSPS) is 16.2. The minimum atomic E-state index is -3.28. The van der Waals surface area contributed by atoms with Crippen LogP contribution in [0.1, 0.15) is 10.4 Å². The molecule has 0 aromatic heterocycles. The van der Waals surface area contributed by atoms with Gasteiger partial charge in [0.15, 0.2) is 11.6 Å². The van der Waals surface area contributed by atoms with Crippen LogP contribution in [0.4, 0.5) is 37.7 Å². The first-order valence-corrected chi connectivity index (χ1v) is 9.96. The molecular weight excluding hydrogens is 543 g/mol. The van der Waals surface area contributed by atoms with E-state index in [4.69, 9.17) is 0 Å². The maximum atomic E-state index is 14.4. The molecular formula is C19H16F6IN3O2. The van der Waals surface area contributed by atoms with Gasteiger partial charge in [0.05, 0.1) is 30.0 Å². The van der Waals surface area contributed by atoms with Crippen LogP contribution in [0.2, 0.25) is 0 Å². The number of carbonyl (C=O) groups is 1. The van der Waals surface area contributed by atoms with Crippen molar-refractivity contribution >= 4 is 39.9 Å². The highest BCUT2D eigenvalue weighted by Gasteiger charge is 2.45. The smallest absolute Gasteiger partial charge is 0.282 e. The molecule has 1 saturated heterocycles. The van der Waals surface area contributed by atoms with Crippen molar-refractivity contribution in [2.45, 2.75) is 18.3 Å². The predicted molar refractivity (Wildman–Crippen MR) is 109 cm³/mol. The van der Waals surface area contributed by atoms with Gasteiger partial charge in [-0.3, -0.25) is 10.1 Å². The number of halogens is 7. The lowest BCUT2D eigenvalue weighted by molar-refractivity contribution is -0.0875. The molecule has 1 aliphatic heterocycles. The molecule has 0 aliphatic carbocycles. The molecule has 31 heavy (non-hydrogen) atoms. The SMILES string of the molecule is O=C(c1ccc(F)c(F)c1Nc1ccc(I)cc1F)N1CC(O)(CNC(F)C(F)F)C1. The highest BCUT2D eigenvalue weighted by atomic mass is 127. The number of hydrogen-bond acceptors (Lipinski definition) is 4. The van der Waals surface area contributed by atoms with Crippen LogP contribution in [0.5, 0.6) is 0 Å². The van der Waals surface area contributed by atoms with E-state index in [2.05, 4.69) is 5.32 Å². The Morgan fingerprint density at radius 2 is 1.81 bits per heavy atom. The minimum Gasteiger partial charge on any atom is -0.385 e. The van der Waals surface area contributed by atoms with Gasteiger partial charge < -0.3 is 15.3 Å². The van der Waals surface area contributed by atoms with Gasteiger partial charge in [0.25, 0.3) is 12.3 Å². The monoisotopic (exact) mass is 559 g/mol. The molecule has 1 fully saturated rings. The molecule has 168 valence electrons. The molecule has 0 bridgehead atoms. The van der Waals surface area contributed by atoms with E-state index in [1.165, 1.54) is 12.1 Å². The number of anilines is 2. The second-order valence-corrected chi connectivity index (χ2v) is 8.28. The topological polar surface area (TPSA) is 64.6 Å². The zero-order valence-electron chi connectivity index (χ0n) is 15.6. The van der Waals surface area contributed by atoms with E-state index in [-0.39, 0.29) is 24.3 Å². The third-order valence-corrected chi connectivity index (χ3v) is 5.29. The molecule has 1 unspecified atom stereocenters. The summed E-state index contributed by atoms with van der Waals surface area (Å²) in [6.45, 7) is -1.25. The fourth-order valence-corrected chi connectivity index (χ4v) is 3.50. The van der Waals surface area contributed by atoms with Gasteiger partial charge in [-0.1, -0.05) is 0 Å². The summed E-state index contributed by atoms with van der Waals surface area (Å²) in [5.74, 6) is -4.24. The van der Waals surface area contributed by atoms with Gasteiger partial charge in [0.2, 0.25) is 6.30 Å². The van der Waals surface area contributed by atoms with Gasteiger partial charge in [0, 0.05) is 10.1 Å². The highest BCUT2D eigenvalue weighted by molar-refractivity contribution is 14.1. The van der Waals surface area contributed by atoms with Crippen LogP contribution < -0.4 is 10.6 Å².